The van der Waals surface area contributed by atoms with Gasteiger partial charge in [0.2, 0.25) is 6.04 Å². The highest BCUT2D eigenvalue weighted by atomic mass is 35.5. The lowest BCUT2D eigenvalue weighted by atomic mass is 10.1. The molecule has 0 saturated carbocycles. The van der Waals surface area contributed by atoms with E-state index in [2.05, 4.69) is 15.5 Å². The molecule has 1 atom stereocenters. The lowest BCUT2D eigenvalue weighted by Crippen LogP contribution is -2.32. The fourth-order valence-electron chi connectivity index (χ4n) is 2.05. The SMILES string of the molecule is CC(=O)C(N=Nc1ccc(C)cc1Cl)C(=O)Nc1ccccc1C. The lowest BCUT2D eigenvalue weighted by Gasteiger charge is -2.11. The number of hydrogen-bond acceptors (Lipinski definition) is 4. The first kappa shape index (κ1) is 17.8. The average Bonchev–Trinajstić information content (AvgIpc) is 2.51. The molecule has 1 N–H and O–H groups in total. The number of hydrogen-bond donors (Lipinski definition) is 1. The van der Waals surface area contributed by atoms with Crippen molar-refractivity contribution in [1.29, 1.82) is 0 Å². The maximum absolute atomic E-state index is 12.3. The number of aryl methyl sites for hydroxylation is 2. The topological polar surface area (TPSA) is 70.9 Å². The number of nitrogens with zero attached hydrogens (tertiary/aromatic N) is 2. The van der Waals surface area contributed by atoms with E-state index < -0.39 is 17.7 Å². The molecule has 0 fully saturated rings. The number of para-hydroxylation sites is 1. The van der Waals surface area contributed by atoms with Gasteiger partial charge < -0.3 is 5.32 Å². The normalized spacial score (nSPS) is 12.2. The molecule has 1 amide bonds. The molecule has 124 valence electrons. The molecule has 5 nitrogen and oxygen atoms in total. The minimum atomic E-state index is -1.22. The molecule has 0 spiro atoms. The largest absolute Gasteiger partial charge is 0.324 e. The Balaban J connectivity index is 2.20. The third-order valence-corrected chi connectivity index (χ3v) is 3.72. The van der Waals surface area contributed by atoms with Crippen molar-refractivity contribution in [2.24, 2.45) is 10.2 Å². The highest BCUT2D eigenvalue weighted by Crippen LogP contribution is 2.26. The smallest absolute Gasteiger partial charge is 0.258 e. The molecule has 0 radical (unpaired) electrons. The minimum absolute atomic E-state index is 0.395. The number of carbonyl (C=O) groups is 2. The summed E-state index contributed by atoms with van der Waals surface area (Å²) in [6.07, 6.45) is 0. The van der Waals surface area contributed by atoms with E-state index in [0.29, 0.717) is 16.4 Å². The Hall–Kier alpha value is -2.53. The predicted octanol–water partition coefficient (Wildman–Crippen LogP) is 4.64. The summed E-state index contributed by atoms with van der Waals surface area (Å²) in [5.74, 6) is -0.920. The van der Waals surface area contributed by atoms with E-state index in [0.717, 1.165) is 11.1 Å². The Morgan fingerprint density at radius 1 is 1.12 bits per heavy atom. The van der Waals surface area contributed by atoms with Crippen LogP contribution >= 0.6 is 11.6 Å². The molecule has 2 aromatic rings. The third-order valence-electron chi connectivity index (χ3n) is 3.42. The van der Waals surface area contributed by atoms with Crippen molar-refractivity contribution >= 4 is 34.7 Å². The van der Waals surface area contributed by atoms with Crippen molar-refractivity contribution in [2.75, 3.05) is 5.32 Å². The van der Waals surface area contributed by atoms with Crippen molar-refractivity contribution in [3.8, 4) is 0 Å². The number of rotatable bonds is 5. The van der Waals surface area contributed by atoms with Crippen LogP contribution in [-0.4, -0.2) is 17.7 Å². The molecule has 0 aliphatic carbocycles. The van der Waals surface area contributed by atoms with Crippen LogP contribution < -0.4 is 5.32 Å². The van der Waals surface area contributed by atoms with E-state index in [9.17, 15) is 9.59 Å². The van der Waals surface area contributed by atoms with Crippen LogP contribution in [0, 0.1) is 13.8 Å². The number of carbonyl (C=O) groups excluding carboxylic acids is 2. The van der Waals surface area contributed by atoms with Gasteiger partial charge in [0.15, 0.2) is 5.78 Å². The molecule has 0 heterocycles. The third kappa shape index (κ3) is 4.49. The summed E-state index contributed by atoms with van der Waals surface area (Å²) in [5, 5.41) is 11.0. The fourth-order valence-corrected chi connectivity index (χ4v) is 2.32. The van der Waals surface area contributed by atoms with Gasteiger partial charge in [-0.15, -0.1) is 0 Å². The van der Waals surface area contributed by atoms with E-state index in [1.54, 1.807) is 24.3 Å². The summed E-state index contributed by atoms with van der Waals surface area (Å²) in [7, 11) is 0. The number of nitrogens with one attached hydrogen (secondary N) is 1. The molecule has 0 bridgehead atoms. The summed E-state index contributed by atoms with van der Waals surface area (Å²) < 4.78 is 0. The number of halogens is 1. The standard InChI is InChI=1S/C18H18ClN3O2/c1-11-8-9-16(14(19)10-11)21-22-17(13(3)23)18(24)20-15-7-5-4-6-12(15)2/h4-10,17H,1-3H3,(H,20,24). The maximum atomic E-state index is 12.3. The second-order valence-corrected chi connectivity index (χ2v) is 5.89. The molecule has 6 heteroatoms. The monoisotopic (exact) mass is 343 g/mol. The van der Waals surface area contributed by atoms with Crippen molar-refractivity contribution < 1.29 is 9.59 Å². The van der Waals surface area contributed by atoms with Gasteiger partial charge in [0.05, 0.1) is 5.02 Å². The number of benzene rings is 2. The van der Waals surface area contributed by atoms with Crippen LogP contribution in [0.3, 0.4) is 0 Å². The summed E-state index contributed by atoms with van der Waals surface area (Å²) in [5.41, 5.74) is 2.93. The summed E-state index contributed by atoms with van der Waals surface area (Å²) >= 11 is 6.08. The van der Waals surface area contributed by atoms with E-state index in [4.69, 9.17) is 11.6 Å². The van der Waals surface area contributed by atoms with Gasteiger partial charge in [0.25, 0.3) is 5.91 Å². The zero-order chi connectivity index (χ0) is 17.7. The zero-order valence-electron chi connectivity index (χ0n) is 13.7. The van der Waals surface area contributed by atoms with E-state index in [-0.39, 0.29) is 0 Å². The lowest BCUT2D eigenvalue weighted by molar-refractivity contribution is -0.126. The Bertz CT molecular complexity index is 803. The maximum Gasteiger partial charge on any atom is 0.258 e. The molecule has 2 aromatic carbocycles. The highest BCUT2D eigenvalue weighted by molar-refractivity contribution is 6.33. The van der Waals surface area contributed by atoms with Gasteiger partial charge in [-0.3, -0.25) is 9.59 Å². The van der Waals surface area contributed by atoms with Crippen LogP contribution in [0.25, 0.3) is 0 Å². The molecule has 0 aromatic heterocycles. The van der Waals surface area contributed by atoms with Crippen molar-refractivity contribution in [3.63, 3.8) is 0 Å². The van der Waals surface area contributed by atoms with Gasteiger partial charge in [0.1, 0.15) is 5.69 Å². The molecular weight excluding hydrogens is 326 g/mol. The highest BCUT2D eigenvalue weighted by Gasteiger charge is 2.23. The van der Waals surface area contributed by atoms with Crippen LogP contribution in [-0.2, 0) is 9.59 Å². The van der Waals surface area contributed by atoms with Gasteiger partial charge in [-0.25, -0.2) is 0 Å². The second-order valence-electron chi connectivity index (χ2n) is 5.49. The van der Waals surface area contributed by atoms with Gasteiger partial charge >= 0.3 is 0 Å². The summed E-state index contributed by atoms with van der Waals surface area (Å²) in [4.78, 5) is 24.1. The molecule has 1 unspecified atom stereocenters. The first-order valence-corrected chi connectivity index (χ1v) is 7.80. The quantitative estimate of drug-likeness (QED) is 0.634. The Labute approximate surface area is 145 Å². The van der Waals surface area contributed by atoms with Crippen LogP contribution in [0.5, 0.6) is 0 Å². The number of amides is 1. The number of anilines is 1. The first-order valence-electron chi connectivity index (χ1n) is 7.42. The van der Waals surface area contributed by atoms with Crippen LogP contribution in [0.4, 0.5) is 11.4 Å². The first-order chi connectivity index (χ1) is 11.4. The predicted molar refractivity (Wildman–Crippen MR) is 95.0 cm³/mol. The van der Waals surface area contributed by atoms with Gasteiger partial charge in [-0.05, 0) is 50.1 Å². The Morgan fingerprint density at radius 2 is 1.83 bits per heavy atom. The summed E-state index contributed by atoms with van der Waals surface area (Å²) in [6, 6.07) is 11.3. The molecule has 24 heavy (non-hydrogen) atoms. The van der Waals surface area contributed by atoms with Crippen LogP contribution in [0.1, 0.15) is 18.1 Å². The molecule has 0 aliphatic heterocycles. The molecule has 0 saturated heterocycles. The fraction of sp³-hybridized carbons (Fsp3) is 0.222. The van der Waals surface area contributed by atoms with Crippen molar-refractivity contribution in [2.45, 2.75) is 26.8 Å². The van der Waals surface area contributed by atoms with Gasteiger partial charge in [-0.2, -0.15) is 10.2 Å². The number of Topliss-reactive ketones (excluding diaryl/α,β-unsaturated/α-hetero) is 1. The zero-order valence-corrected chi connectivity index (χ0v) is 14.5. The Morgan fingerprint density at radius 3 is 2.46 bits per heavy atom. The number of ketones is 1. The minimum Gasteiger partial charge on any atom is -0.324 e. The molecular formula is C18H18ClN3O2. The van der Waals surface area contributed by atoms with E-state index in [1.165, 1.54) is 6.92 Å². The molecule has 2 rings (SSSR count). The summed E-state index contributed by atoms with van der Waals surface area (Å²) in [6.45, 7) is 5.07. The van der Waals surface area contributed by atoms with Crippen LogP contribution in [0.15, 0.2) is 52.7 Å². The van der Waals surface area contributed by atoms with Gasteiger partial charge in [-0.1, -0.05) is 35.9 Å². The average molecular weight is 344 g/mol. The number of azo groups is 1. The van der Waals surface area contributed by atoms with Crippen LogP contribution in [0.2, 0.25) is 5.02 Å². The molecule has 0 aliphatic rings. The van der Waals surface area contributed by atoms with Crippen molar-refractivity contribution in [1.82, 2.24) is 0 Å². The van der Waals surface area contributed by atoms with Crippen molar-refractivity contribution in [3.05, 3.63) is 58.6 Å². The van der Waals surface area contributed by atoms with E-state index >= 15 is 0 Å². The van der Waals surface area contributed by atoms with Gasteiger partial charge in [0, 0.05) is 5.69 Å². The second kappa shape index (κ2) is 7.84. The Kier molecular flexibility index (Phi) is 5.82. The van der Waals surface area contributed by atoms with E-state index in [1.807, 2.05) is 32.0 Å².